The molecule has 0 fully saturated rings. The molecule has 0 unspecified atom stereocenters. The van der Waals surface area contributed by atoms with E-state index >= 15 is 0 Å². The van der Waals surface area contributed by atoms with Crippen LogP contribution in [-0.2, 0) is 6.54 Å². The van der Waals surface area contributed by atoms with Gasteiger partial charge in [0.25, 0.3) is 0 Å². The lowest BCUT2D eigenvalue weighted by atomic mass is 10.4. The molecule has 5 heteroatoms. The monoisotopic (exact) mass is 140 g/mol. The van der Waals surface area contributed by atoms with Crippen molar-refractivity contribution in [2.45, 2.75) is 6.54 Å². The van der Waals surface area contributed by atoms with Crippen molar-refractivity contribution in [3.63, 3.8) is 0 Å². The molecule has 0 spiro atoms. The Bertz CT molecular complexity index is 201. The zero-order valence-corrected chi connectivity index (χ0v) is 5.42. The number of fused-ring (bicyclic) bond motifs is 1. The molecule has 0 amide bonds. The fourth-order valence-electron chi connectivity index (χ4n) is 0.933. The first-order chi connectivity index (χ1) is 4.97. The van der Waals surface area contributed by atoms with Gasteiger partial charge in [0.15, 0.2) is 5.82 Å². The van der Waals surface area contributed by atoms with Gasteiger partial charge in [0, 0.05) is 19.6 Å². The fraction of sp³-hybridized carbons (Fsp3) is 0.600. The first kappa shape index (κ1) is 5.67. The fourth-order valence-corrected chi connectivity index (χ4v) is 0.933. The molecular weight excluding hydrogens is 132 g/mol. The van der Waals surface area contributed by atoms with E-state index in [1.54, 1.807) is 0 Å². The van der Waals surface area contributed by atoms with Crippen LogP contribution in [0, 0.1) is 0 Å². The summed E-state index contributed by atoms with van der Waals surface area (Å²) in [5, 5.41) is 13.6. The number of hydrogen-bond acceptors (Lipinski definition) is 5. The van der Waals surface area contributed by atoms with Crippen molar-refractivity contribution in [3.8, 4) is 0 Å². The molecule has 0 saturated carbocycles. The minimum atomic E-state index is 0.742. The van der Waals surface area contributed by atoms with Gasteiger partial charge in [0.1, 0.15) is 5.69 Å². The Balaban J connectivity index is 2.28. The van der Waals surface area contributed by atoms with Gasteiger partial charge in [-0.2, -0.15) is 0 Å². The van der Waals surface area contributed by atoms with Crippen LogP contribution in [0.1, 0.15) is 5.69 Å². The summed E-state index contributed by atoms with van der Waals surface area (Å²) in [7, 11) is 0. The third-order valence-corrected chi connectivity index (χ3v) is 1.44. The summed E-state index contributed by atoms with van der Waals surface area (Å²) >= 11 is 0. The van der Waals surface area contributed by atoms with E-state index < -0.39 is 0 Å². The number of rotatable bonds is 0. The Morgan fingerprint density at radius 3 is 3.30 bits per heavy atom. The highest BCUT2D eigenvalue weighted by atomic mass is 16.6. The summed E-state index contributed by atoms with van der Waals surface area (Å²) in [4.78, 5) is 0. The highest BCUT2D eigenvalue weighted by Crippen LogP contribution is 2.09. The van der Waals surface area contributed by atoms with Crippen LogP contribution in [0.3, 0.4) is 0 Å². The van der Waals surface area contributed by atoms with E-state index in [4.69, 9.17) is 0 Å². The molecule has 2 N–H and O–H groups in total. The lowest BCUT2D eigenvalue weighted by molar-refractivity contribution is 0.303. The molecule has 54 valence electrons. The van der Waals surface area contributed by atoms with Crippen molar-refractivity contribution in [1.82, 2.24) is 15.6 Å². The second kappa shape index (κ2) is 2.26. The third-order valence-electron chi connectivity index (χ3n) is 1.44. The molecule has 1 aliphatic rings. The van der Waals surface area contributed by atoms with Crippen LogP contribution in [0.15, 0.2) is 4.63 Å². The van der Waals surface area contributed by atoms with Gasteiger partial charge in [-0.1, -0.05) is 5.16 Å². The van der Waals surface area contributed by atoms with E-state index in [0.717, 1.165) is 31.1 Å². The second-order valence-corrected chi connectivity index (χ2v) is 2.16. The van der Waals surface area contributed by atoms with Gasteiger partial charge < -0.3 is 10.6 Å². The highest BCUT2D eigenvalue weighted by molar-refractivity contribution is 5.38. The smallest absolute Gasteiger partial charge is 0.195 e. The van der Waals surface area contributed by atoms with Gasteiger partial charge in [-0.3, -0.25) is 0 Å². The maximum atomic E-state index is 4.52. The number of nitrogens with zero attached hydrogens (tertiary/aromatic N) is 2. The Morgan fingerprint density at radius 2 is 2.30 bits per heavy atom. The molecule has 0 aromatic carbocycles. The topological polar surface area (TPSA) is 63.0 Å². The molecule has 1 aromatic rings. The molecule has 2 heterocycles. The summed E-state index contributed by atoms with van der Waals surface area (Å²) < 4.78 is 4.52. The highest BCUT2D eigenvalue weighted by Gasteiger charge is 2.10. The van der Waals surface area contributed by atoms with Gasteiger partial charge in [0.2, 0.25) is 0 Å². The second-order valence-electron chi connectivity index (χ2n) is 2.16. The van der Waals surface area contributed by atoms with Crippen LogP contribution in [0.25, 0.3) is 0 Å². The van der Waals surface area contributed by atoms with Crippen molar-refractivity contribution < 1.29 is 4.63 Å². The molecule has 0 radical (unpaired) electrons. The van der Waals surface area contributed by atoms with E-state index in [0.29, 0.717) is 0 Å². The summed E-state index contributed by atoms with van der Waals surface area (Å²) in [5.41, 5.74) is 0.859. The normalized spacial score (nSPS) is 17.2. The lowest BCUT2D eigenvalue weighted by Crippen LogP contribution is -2.17. The zero-order valence-electron chi connectivity index (χ0n) is 5.42. The standard InChI is InChI=1S/C5H8N4O/c1-2-7-5-4(3-6-1)8-10-9-5/h6H,1-3H2,(H,7,9). The molecule has 0 atom stereocenters. The number of anilines is 1. The quantitative estimate of drug-likeness (QED) is 0.512. The number of nitrogens with one attached hydrogen (secondary N) is 2. The van der Waals surface area contributed by atoms with Gasteiger partial charge in [0.05, 0.1) is 0 Å². The van der Waals surface area contributed by atoms with Gasteiger partial charge >= 0.3 is 0 Å². The Morgan fingerprint density at radius 1 is 1.30 bits per heavy atom. The Labute approximate surface area is 57.8 Å². The van der Waals surface area contributed by atoms with Gasteiger partial charge in [-0.05, 0) is 5.16 Å². The zero-order chi connectivity index (χ0) is 6.81. The predicted octanol–water partition coefficient (Wildman–Crippen LogP) is -0.415. The maximum absolute atomic E-state index is 4.52. The van der Waals surface area contributed by atoms with Crippen molar-refractivity contribution >= 4 is 5.82 Å². The maximum Gasteiger partial charge on any atom is 0.195 e. The summed E-state index contributed by atoms with van der Waals surface area (Å²) in [6.45, 7) is 2.56. The lowest BCUT2D eigenvalue weighted by Gasteiger charge is -1.94. The van der Waals surface area contributed by atoms with Crippen LogP contribution < -0.4 is 10.6 Å². The molecule has 10 heavy (non-hydrogen) atoms. The van der Waals surface area contributed by atoms with Crippen molar-refractivity contribution in [1.29, 1.82) is 0 Å². The van der Waals surface area contributed by atoms with Crippen LogP contribution in [-0.4, -0.2) is 23.4 Å². The first-order valence-corrected chi connectivity index (χ1v) is 3.23. The molecule has 0 aliphatic carbocycles. The molecular formula is C5H8N4O. The molecule has 0 bridgehead atoms. The van der Waals surface area contributed by atoms with Crippen LogP contribution in [0.5, 0.6) is 0 Å². The van der Waals surface area contributed by atoms with Gasteiger partial charge in [-0.25, -0.2) is 4.63 Å². The Hall–Kier alpha value is -1.10. The van der Waals surface area contributed by atoms with E-state index in [1.807, 2.05) is 0 Å². The van der Waals surface area contributed by atoms with Gasteiger partial charge in [-0.15, -0.1) is 0 Å². The number of aromatic nitrogens is 2. The molecule has 1 aromatic heterocycles. The predicted molar refractivity (Wildman–Crippen MR) is 34.5 cm³/mol. The molecule has 0 saturated heterocycles. The molecule has 2 rings (SSSR count). The molecule has 1 aliphatic heterocycles. The van der Waals surface area contributed by atoms with Crippen LogP contribution in [0.2, 0.25) is 0 Å². The average Bonchev–Trinajstić information content (AvgIpc) is 2.28. The van der Waals surface area contributed by atoms with Crippen LogP contribution in [0.4, 0.5) is 5.82 Å². The van der Waals surface area contributed by atoms with Crippen molar-refractivity contribution in [3.05, 3.63) is 5.69 Å². The summed E-state index contributed by atoms with van der Waals surface area (Å²) in [5.74, 6) is 0.769. The summed E-state index contributed by atoms with van der Waals surface area (Å²) in [6, 6.07) is 0. The Kier molecular flexibility index (Phi) is 1.28. The minimum absolute atomic E-state index is 0.742. The third kappa shape index (κ3) is 0.841. The number of hydrogen-bond donors (Lipinski definition) is 2. The van der Waals surface area contributed by atoms with Crippen LogP contribution >= 0.6 is 0 Å². The van der Waals surface area contributed by atoms with Crippen molar-refractivity contribution in [2.24, 2.45) is 0 Å². The minimum Gasteiger partial charge on any atom is -0.364 e. The van der Waals surface area contributed by atoms with Crippen molar-refractivity contribution in [2.75, 3.05) is 18.4 Å². The largest absolute Gasteiger partial charge is 0.364 e. The average molecular weight is 140 g/mol. The van der Waals surface area contributed by atoms with E-state index in [-0.39, 0.29) is 0 Å². The van der Waals surface area contributed by atoms with E-state index in [1.165, 1.54) is 0 Å². The summed E-state index contributed by atoms with van der Waals surface area (Å²) in [6.07, 6.45) is 0. The first-order valence-electron chi connectivity index (χ1n) is 3.23. The van der Waals surface area contributed by atoms with E-state index in [2.05, 4.69) is 25.6 Å². The molecule has 5 nitrogen and oxygen atoms in total. The SMILES string of the molecule is C1CNc2nonc2CN1. The van der Waals surface area contributed by atoms with E-state index in [9.17, 15) is 0 Å².